The van der Waals surface area contributed by atoms with E-state index in [-0.39, 0.29) is 4.90 Å². The number of fused-ring (bicyclic) bond motifs is 3. The summed E-state index contributed by atoms with van der Waals surface area (Å²) in [6.07, 6.45) is 0.662. The lowest BCUT2D eigenvalue weighted by molar-refractivity contribution is 0.353. The van der Waals surface area contributed by atoms with Gasteiger partial charge in [0.25, 0.3) is 0 Å². The number of nitrogens with zero attached hydrogens (tertiary/aromatic N) is 1. The second-order valence-corrected chi connectivity index (χ2v) is 8.67. The van der Waals surface area contributed by atoms with Gasteiger partial charge in [-0.2, -0.15) is 4.31 Å². The first-order chi connectivity index (χ1) is 12.9. The summed E-state index contributed by atoms with van der Waals surface area (Å²) in [6.45, 7) is 2.84. The number of aromatic nitrogens is 1. The van der Waals surface area contributed by atoms with Crippen molar-refractivity contribution in [2.75, 3.05) is 20.8 Å². The first-order valence-corrected chi connectivity index (χ1v) is 10.2. The molecule has 4 rings (SSSR count). The summed E-state index contributed by atoms with van der Waals surface area (Å²) in [5, 5.41) is 1.09. The molecule has 27 heavy (non-hydrogen) atoms. The van der Waals surface area contributed by atoms with Crippen LogP contribution in [-0.4, -0.2) is 38.5 Å². The summed E-state index contributed by atoms with van der Waals surface area (Å²) in [5.41, 5.74) is 4.39. The average Bonchev–Trinajstić information content (AvgIpc) is 3.04. The zero-order valence-corrected chi connectivity index (χ0v) is 16.4. The molecule has 0 saturated carbocycles. The first-order valence-electron chi connectivity index (χ1n) is 8.76. The van der Waals surface area contributed by atoms with E-state index < -0.39 is 10.0 Å². The van der Waals surface area contributed by atoms with Gasteiger partial charge in [0.2, 0.25) is 10.0 Å². The number of benzene rings is 2. The number of aromatic amines is 1. The third-order valence-corrected chi connectivity index (χ3v) is 6.93. The van der Waals surface area contributed by atoms with Gasteiger partial charge in [0.15, 0.2) is 11.5 Å². The van der Waals surface area contributed by atoms with Crippen LogP contribution in [0.3, 0.4) is 0 Å². The van der Waals surface area contributed by atoms with Crippen molar-refractivity contribution in [1.82, 2.24) is 9.29 Å². The Bertz CT molecular complexity index is 1120. The number of aryl methyl sites for hydroxylation is 1. The number of methoxy groups -OCH3 is 2. The predicted octanol–water partition coefficient (Wildman–Crippen LogP) is 3.24. The van der Waals surface area contributed by atoms with Crippen molar-refractivity contribution in [2.24, 2.45) is 0 Å². The third kappa shape index (κ3) is 2.96. The number of rotatable bonds is 4. The second kappa shape index (κ2) is 6.58. The highest BCUT2D eigenvalue weighted by Gasteiger charge is 2.31. The maximum absolute atomic E-state index is 13.2. The van der Waals surface area contributed by atoms with Crippen LogP contribution in [0.25, 0.3) is 10.9 Å². The molecular formula is C20H22N2O4S. The Balaban J connectivity index is 1.72. The number of hydrogen-bond donors (Lipinski definition) is 1. The van der Waals surface area contributed by atoms with Crippen molar-refractivity contribution in [3.63, 3.8) is 0 Å². The molecule has 6 nitrogen and oxygen atoms in total. The molecule has 0 unspecified atom stereocenters. The van der Waals surface area contributed by atoms with E-state index in [1.54, 1.807) is 12.1 Å². The molecule has 0 radical (unpaired) electrons. The lowest BCUT2D eigenvalue weighted by atomic mass is 10.0. The SMILES string of the molecule is COc1ccc(S(=O)(=O)N2CCc3[nH]c4ccc(C)cc4c3C2)cc1OC. The van der Waals surface area contributed by atoms with Gasteiger partial charge in [-0.15, -0.1) is 0 Å². The smallest absolute Gasteiger partial charge is 0.243 e. The Morgan fingerprint density at radius 2 is 1.81 bits per heavy atom. The topological polar surface area (TPSA) is 71.6 Å². The highest BCUT2D eigenvalue weighted by Crippen LogP contribution is 2.34. The van der Waals surface area contributed by atoms with E-state index in [9.17, 15) is 8.42 Å². The zero-order valence-electron chi connectivity index (χ0n) is 15.6. The Morgan fingerprint density at radius 1 is 1.04 bits per heavy atom. The fourth-order valence-corrected chi connectivity index (χ4v) is 5.06. The first kappa shape index (κ1) is 17.9. The molecule has 0 saturated heterocycles. The van der Waals surface area contributed by atoms with E-state index in [1.165, 1.54) is 24.6 Å². The van der Waals surface area contributed by atoms with Crippen LogP contribution in [0.2, 0.25) is 0 Å². The normalized spacial score (nSPS) is 14.9. The van der Waals surface area contributed by atoms with Gasteiger partial charge in [-0.1, -0.05) is 11.6 Å². The van der Waals surface area contributed by atoms with Crippen molar-refractivity contribution in [1.29, 1.82) is 0 Å². The van der Waals surface area contributed by atoms with Crippen molar-refractivity contribution in [2.45, 2.75) is 24.8 Å². The van der Waals surface area contributed by atoms with Gasteiger partial charge in [0, 0.05) is 42.2 Å². The lowest BCUT2D eigenvalue weighted by Gasteiger charge is -2.26. The van der Waals surface area contributed by atoms with E-state index in [1.807, 2.05) is 6.92 Å². The predicted molar refractivity (Wildman–Crippen MR) is 104 cm³/mol. The van der Waals surface area contributed by atoms with Crippen LogP contribution in [0.15, 0.2) is 41.3 Å². The van der Waals surface area contributed by atoms with Crippen LogP contribution in [-0.2, 0) is 23.0 Å². The lowest BCUT2D eigenvalue weighted by Crippen LogP contribution is -2.35. The maximum atomic E-state index is 13.2. The van der Waals surface area contributed by atoms with Crippen molar-refractivity contribution in [3.05, 3.63) is 53.2 Å². The van der Waals surface area contributed by atoms with E-state index in [0.29, 0.717) is 31.0 Å². The Kier molecular flexibility index (Phi) is 4.36. The summed E-state index contributed by atoms with van der Waals surface area (Å²) in [4.78, 5) is 3.64. The number of nitrogens with one attached hydrogen (secondary N) is 1. The van der Waals surface area contributed by atoms with Crippen LogP contribution >= 0.6 is 0 Å². The van der Waals surface area contributed by atoms with Crippen LogP contribution in [0.4, 0.5) is 0 Å². The van der Waals surface area contributed by atoms with Gasteiger partial charge in [0.1, 0.15) is 0 Å². The van der Waals surface area contributed by atoms with Gasteiger partial charge >= 0.3 is 0 Å². The van der Waals surface area contributed by atoms with Gasteiger partial charge in [-0.05, 0) is 36.8 Å². The molecule has 142 valence electrons. The number of sulfonamides is 1. The summed E-state index contributed by atoms with van der Waals surface area (Å²) < 4.78 is 38.4. The molecule has 0 bridgehead atoms. The molecule has 0 amide bonds. The minimum Gasteiger partial charge on any atom is -0.493 e. The van der Waals surface area contributed by atoms with Crippen LogP contribution < -0.4 is 9.47 Å². The highest BCUT2D eigenvalue weighted by molar-refractivity contribution is 7.89. The summed E-state index contributed by atoms with van der Waals surface area (Å²) in [6, 6.07) is 10.9. The van der Waals surface area contributed by atoms with Gasteiger partial charge in [-0.25, -0.2) is 8.42 Å². The van der Waals surface area contributed by atoms with Crippen molar-refractivity contribution >= 4 is 20.9 Å². The number of H-pyrrole nitrogens is 1. The molecule has 0 aliphatic carbocycles. The summed E-state index contributed by atoms with van der Waals surface area (Å²) in [7, 11) is -0.614. The molecule has 1 aromatic heterocycles. The summed E-state index contributed by atoms with van der Waals surface area (Å²) in [5.74, 6) is 0.906. The van der Waals surface area contributed by atoms with E-state index in [2.05, 4.69) is 23.2 Å². The molecule has 2 aromatic carbocycles. The molecule has 0 spiro atoms. The minimum absolute atomic E-state index is 0.208. The fourth-order valence-electron chi connectivity index (χ4n) is 3.63. The molecule has 7 heteroatoms. The zero-order chi connectivity index (χ0) is 19.2. The largest absolute Gasteiger partial charge is 0.493 e. The Hall–Kier alpha value is -2.51. The molecule has 1 N–H and O–H groups in total. The Labute approximate surface area is 158 Å². The van der Waals surface area contributed by atoms with Gasteiger partial charge in [0.05, 0.1) is 19.1 Å². The van der Waals surface area contributed by atoms with Crippen LogP contribution in [0, 0.1) is 6.92 Å². The average molecular weight is 386 g/mol. The fraction of sp³-hybridized carbons (Fsp3) is 0.300. The molecule has 3 aromatic rings. The van der Waals surface area contributed by atoms with Crippen molar-refractivity contribution < 1.29 is 17.9 Å². The molecule has 1 aliphatic heterocycles. The van der Waals surface area contributed by atoms with Crippen LogP contribution in [0.1, 0.15) is 16.8 Å². The maximum Gasteiger partial charge on any atom is 0.243 e. The standard InChI is InChI=1S/C20H22N2O4S/c1-13-4-6-17-15(10-13)16-12-22(9-8-18(16)21-17)27(23,24)14-5-7-19(25-2)20(11-14)26-3/h4-7,10-11,21H,8-9,12H2,1-3H3. The molecule has 2 heterocycles. The number of ether oxygens (including phenoxy) is 2. The van der Waals surface area contributed by atoms with E-state index >= 15 is 0 Å². The Morgan fingerprint density at radius 3 is 2.56 bits per heavy atom. The van der Waals surface area contributed by atoms with E-state index in [0.717, 1.165) is 27.7 Å². The second-order valence-electron chi connectivity index (χ2n) is 6.74. The monoisotopic (exact) mass is 386 g/mol. The van der Waals surface area contributed by atoms with E-state index in [4.69, 9.17) is 9.47 Å². The molecular weight excluding hydrogens is 364 g/mol. The molecule has 0 atom stereocenters. The summed E-state index contributed by atoms with van der Waals surface area (Å²) >= 11 is 0. The molecule has 0 fully saturated rings. The van der Waals surface area contributed by atoms with Gasteiger partial charge < -0.3 is 14.5 Å². The van der Waals surface area contributed by atoms with Gasteiger partial charge in [-0.3, -0.25) is 0 Å². The van der Waals surface area contributed by atoms with Crippen LogP contribution in [0.5, 0.6) is 11.5 Å². The molecule has 1 aliphatic rings. The number of hydrogen-bond acceptors (Lipinski definition) is 4. The quantitative estimate of drug-likeness (QED) is 0.747. The van der Waals surface area contributed by atoms with Crippen molar-refractivity contribution in [3.8, 4) is 11.5 Å². The minimum atomic E-state index is -3.64. The third-order valence-electron chi connectivity index (χ3n) is 5.09. The highest BCUT2D eigenvalue weighted by atomic mass is 32.2.